The van der Waals surface area contributed by atoms with Gasteiger partial charge in [-0.25, -0.2) is 9.59 Å². The van der Waals surface area contributed by atoms with Crippen LogP contribution in [0.3, 0.4) is 0 Å². The lowest BCUT2D eigenvalue weighted by Crippen LogP contribution is -2.38. The third-order valence-electron chi connectivity index (χ3n) is 2.60. The molecule has 7 nitrogen and oxygen atoms in total. The van der Waals surface area contributed by atoms with Crippen LogP contribution in [0.4, 0.5) is 10.5 Å². The quantitative estimate of drug-likeness (QED) is 0.643. The van der Waals surface area contributed by atoms with Gasteiger partial charge in [-0.05, 0) is 31.5 Å². The normalized spacial score (nSPS) is 9.70. The van der Waals surface area contributed by atoms with Crippen molar-refractivity contribution >= 4 is 23.6 Å². The number of likely N-dealkylation sites (N-methyl/N-ethyl adjacent to an activating group) is 1. The number of anilines is 1. The van der Waals surface area contributed by atoms with Crippen molar-refractivity contribution in [1.82, 2.24) is 10.6 Å². The Labute approximate surface area is 116 Å². The maximum atomic E-state index is 11.6. The molecule has 0 aromatic heterocycles. The Hall–Kier alpha value is -2.57. The van der Waals surface area contributed by atoms with Gasteiger partial charge in [0, 0.05) is 12.2 Å². The number of aromatic carboxylic acids is 1. The van der Waals surface area contributed by atoms with Crippen molar-refractivity contribution < 1.29 is 19.5 Å². The predicted octanol–water partition coefficient (Wildman–Crippen LogP) is 0.951. The summed E-state index contributed by atoms with van der Waals surface area (Å²) in [6.45, 7) is 3.72. The van der Waals surface area contributed by atoms with E-state index in [9.17, 15) is 14.4 Å². The summed E-state index contributed by atoms with van der Waals surface area (Å²) in [6, 6.07) is 4.01. The molecular formula is C13H17N3O4. The Morgan fingerprint density at radius 1 is 1.20 bits per heavy atom. The van der Waals surface area contributed by atoms with Gasteiger partial charge in [-0.3, -0.25) is 4.79 Å². The number of hydrogen-bond donors (Lipinski definition) is 4. The third-order valence-corrected chi connectivity index (χ3v) is 2.60. The second-order valence-corrected chi connectivity index (χ2v) is 4.04. The summed E-state index contributed by atoms with van der Waals surface area (Å²) in [7, 11) is 0. The molecule has 1 aromatic carbocycles. The van der Waals surface area contributed by atoms with Gasteiger partial charge in [0.2, 0.25) is 5.91 Å². The molecule has 1 rings (SSSR count). The minimum Gasteiger partial charge on any atom is -0.478 e. The predicted molar refractivity (Wildman–Crippen MR) is 73.8 cm³/mol. The first-order valence-corrected chi connectivity index (χ1v) is 6.10. The lowest BCUT2D eigenvalue weighted by Gasteiger charge is -2.11. The van der Waals surface area contributed by atoms with Crippen LogP contribution in [0, 0.1) is 6.92 Å². The van der Waals surface area contributed by atoms with Crippen LogP contribution in [-0.4, -0.2) is 36.1 Å². The van der Waals surface area contributed by atoms with Crippen LogP contribution >= 0.6 is 0 Å². The Morgan fingerprint density at radius 3 is 2.50 bits per heavy atom. The molecule has 108 valence electrons. The summed E-state index contributed by atoms with van der Waals surface area (Å²) in [4.78, 5) is 33.7. The van der Waals surface area contributed by atoms with Gasteiger partial charge in [-0.1, -0.05) is 6.07 Å². The average molecular weight is 279 g/mol. The zero-order valence-corrected chi connectivity index (χ0v) is 11.3. The molecule has 7 heteroatoms. The Bertz CT molecular complexity index is 528. The number of carbonyl (C=O) groups is 3. The van der Waals surface area contributed by atoms with E-state index in [4.69, 9.17) is 5.11 Å². The van der Waals surface area contributed by atoms with E-state index in [1.54, 1.807) is 19.9 Å². The largest absolute Gasteiger partial charge is 0.478 e. The molecule has 0 saturated carbocycles. The molecule has 0 radical (unpaired) electrons. The summed E-state index contributed by atoms with van der Waals surface area (Å²) in [5.41, 5.74) is 0.956. The van der Waals surface area contributed by atoms with Crippen LogP contribution in [0.5, 0.6) is 0 Å². The number of nitrogens with one attached hydrogen (secondary N) is 3. The summed E-state index contributed by atoms with van der Waals surface area (Å²) in [5.74, 6) is -1.35. The topological polar surface area (TPSA) is 108 Å². The zero-order chi connectivity index (χ0) is 15.1. The lowest BCUT2D eigenvalue weighted by atomic mass is 10.1. The van der Waals surface area contributed by atoms with Crippen LogP contribution in [0.1, 0.15) is 22.8 Å². The van der Waals surface area contributed by atoms with Gasteiger partial charge in [0.25, 0.3) is 0 Å². The Kier molecular flexibility index (Phi) is 5.52. The molecule has 4 N–H and O–H groups in total. The van der Waals surface area contributed by atoms with Crippen molar-refractivity contribution in [2.75, 3.05) is 18.4 Å². The van der Waals surface area contributed by atoms with Crippen LogP contribution < -0.4 is 16.0 Å². The summed E-state index contributed by atoms with van der Waals surface area (Å²) in [6.07, 6.45) is 0. The number of hydrogen-bond acceptors (Lipinski definition) is 3. The molecule has 0 atom stereocenters. The number of carboxylic acid groups (broad SMARTS) is 1. The molecule has 0 aliphatic heterocycles. The van der Waals surface area contributed by atoms with Gasteiger partial charge >= 0.3 is 12.0 Å². The van der Waals surface area contributed by atoms with E-state index in [2.05, 4.69) is 16.0 Å². The molecule has 0 unspecified atom stereocenters. The number of amides is 3. The van der Waals surface area contributed by atoms with Gasteiger partial charge in [-0.15, -0.1) is 0 Å². The molecule has 0 spiro atoms. The highest BCUT2D eigenvalue weighted by Crippen LogP contribution is 2.18. The third kappa shape index (κ3) is 4.27. The van der Waals surface area contributed by atoms with E-state index in [1.807, 2.05) is 0 Å². The van der Waals surface area contributed by atoms with Gasteiger partial charge < -0.3 is 21.1 Å². The number of urea groups is 1. The monoisotopic (exact) mass is 279 g/mol. The van der Waals surface area contributed by atoms with Crippen molar-refractivity contribution in [3.63, 3.8) is 0 Å². The van der Waals surface area contributed by atoms with E-state index in [-0.39, 0.29) is 18.0 Å². The van der Waals surface area contributed by atoms with Crippen molar-refractivity contribution in [3.05, 3.63) is 29.3 Å². The molecule has 0 fully saturated rings. The molecule has 0 saturated heterocycles. The van der Waals surface area contributed by atoms with Crippen LogP contribution in [0.15, 0.2) is 18.2 Å². The van der Waals surface area contributed by atoms with Crippen molar-refractivity contribution in [1.29, 1.82) is 0 Å². The highest BCUT2D eigenvalue weighted by molar-refractivity contribution is 5.96. The molecule has 20 heavy (non-hydrogen) atoms. The first kappa shape index (κ1) is 15.5. The molecule has 0 heterocycles. The van der Waals surface area contributed by atoms with Gasteiger partial charge in [0.1, 0.15) is 0 Å². The number of rotatable bonds is 5. The lowest BCUT2D eigenvalue weighted by molar-refractivity contribution is -0.119. The summed E-state index contributed by atoms with van der Waals surface area (Å²) in [5, 5.41) is 16.4. The number of benzene rings is 1. The maximum absolute atomic E-state index is 11.6. The first-order chi connectivity index (χ1) is 9.45. The molecule has 0 bridgehead atoms. The second-order valence-electron chi connectivity index (χ2n) is 4.04. The fraction of sp³-hybridized carbons (Fsp3) is 0.308. The van der Waals surface area contributed by atoms with Gasteiger partial charge in [-0.2, -0.15) is 0 Å². The summed E-state index contributed by atoms with van der Waals surface area (Å²) < 4.78 is 0. The van der Waals surface area contributed by atoms with E-state index < -0.39 is 12.0 Å². The highest BCUT2D eigenvalue weighted by atomic mass is 16.4. The van der Waals surface area contributed by atoms with Crippen molar-refractivity contribution in [3.8, 4) is 0 Å². The fourth-order valence-corrected chi connectivity index (χ4v) is 1.59. The second kappa shape index (κ2) is 7.13. The van der Waals surface area contributed by atoms with Crippen molar-refractivity contribution in [2.24, 2.45) is 0 Å². The molecule has 0 aliphatic carbocycles. The van der Waals surface area contributed by atoms with Crippen LogP contribution in [0.2, 0.25) is 0 Å². The zero-order valence-electron chi connectivity index (χ0n) is 11.3. The highest BCUT2D eigenvalue weighted by Gasteiger charge is 2.12. The smallest absolute Gasteiger partial charge is 0.336 e. The number of carboxylic acids is 1. The Balaban J connectivity index is 2.65. The van der Waals surface area contributed by atoms with E-state index in [1.165, 1.54) is 12.1 Å². The molecule has 3 amide bonds. The van der Waals surface area contributed by atoms with Gasteiger partial charge in [0.05, 0.1) is 12.1 Å². The fourth-order valence-electron chi connectivity index (χ4n) is 1.59. The first-order valence-electron chi connectivity index (χ1n) is 6.10. The van der Waals surface area contributed by atoms with Gasteiger partial charge in [0.15, 0.2) is 0 Å². The minimum absolute atomic E-state index is 0.117. The average Bonchev–Trinajstić information content (AvgIpc) is 2.39. The molecular weight excluding hydrogens is 262 g/mol. The minimum atomic E-state index is -1.06. The van der Waals surface area contributed by atoms with Crippen molar-refractivity contribution in [2.45, 2.75) is 13.8 Å². The SMILES string of the molecule is CCNC(=O)CNC(=O)Nc1cccc(C(=O)O)c1C. The van der Waals surface area contributed by atoms with E-state index >= 15 is 0 Å². The molecule has 1 aromatic rings. The maximum Gasteiger partial charge on any atom is 0.336 e. The van der Waals surface area contributed by atoms with E-state index in [0.29, 0.717) is 17.8 Å². The standard InChI is InChI=1S/C13H17N3O4/c1-3-14-11(17)7-15-13(20)16-10-6-4-5-9(8(10)2)12(18)19/h4-6H,3,7H2,1-2H3,(H,14,17)(H,18,19)(H2,15,16,20). The van der Waals surface area contributed by atoms with Crippen LogP contribution in [0.25, 0.3) is 0 Å². The Morgan fingerprint density at radius 2 is 1.90 bits per heavy atom. The number of carbonyl (C=O) groups excluding carboxylic acids is 2. The van der Waals surface area contributed by atoms with Crippen LogP contribution in [-0.2, 0) is 4.79 Å². The van der Waals surface area contributed by atoms with E-state index in [0.717, 1.165) is 0 Å². The molecule has 0 aliphatic rings. The summed E-state index contributed by atoms with van der Waals surface area (Å²) >= 11 is 0.